The second-order valence-electron chi connectivity index (χ2n) is 8.26. The van der Waals surface area contributed by atoms with E-state index in [-0.39, 0.29) is 24.4 Å². The molecule has 1 unspecified atom stereocenters. The molecule has 0 aromatic heterocycles. The number of amides is 2. The van der Waals surface area contributed by atoms with Crippen molar-refractivity contribution in [3.63, 3.8) is 0 Å². The van der Waals surface area contributed by atoms with Gasteiger partial charge in [0.05, 0.1) is 4.86 Å². The molecule has 174 valence electrons. The van der Waals surface area contributed by atoms with Crippen LogP contribution < -0.4 is 5.32 Å². The van der Waals surface area contributed by atoms with Crippen molar-refractivity contribution >= 4 is 33.6 Å². The molecule has 1 aliphatic heterocycles. The number of likely N-dealkylation sites (N-methyl/N-ethyl adjacent to an activating group) is 1. The topological polar surface area (TPSA) is 69.7 Å². The van der Waals surface area contributed by atoms with E-state index < -0.39 is 10.3 Å². The Bertz CT molecular complexity index is 1000. The van der Waals surface area contributed by atoms with Crippen molar-refractivity contribution in [1.82, 2.24) is 15.1 Å². The number of hydrogen-bond donors (Lipinski definition) is 1. The molecule has 8 heteroatoms. The lowest BCUT2D eigenvalue weighted by molar-refractivity contribution is 0.177. The highest BCUT2D eigenvalue weighted by molar-refractivity contribution is 7.73. The number of hydrogen-bond acceptors (Lipinski definition) is 4. The fourth-order valence-corrected chi connectivity index (χ4v) is 4.66. The third-order valence-corrected chi connectivity index (χ3v) is 6.56. The SMILES string of the molecule is CN(C)CCNC(=O)N1CCCC(C(Cc2ccc(-c3ccccc3)cc2)=S(=O)=O)C1.Cl. The average Bonchev–Trinajstić information content (AvgIpc) is 2.78. The van der Waals surface area contributed by atoms with Crippen molar-refractivity contribution in [2.45, 2.75) is 19.3 Å². The monoisotopic (exact) mass is 477 g/mol. The summed E-state index contributed by atoms with van der Waals surface area (Å²) in [5.74, 6) is -0.138. The molecule has 0 saturated carbocycles. The van der Waals surface area contributed by atoms with E-state index in [1.54, 1.807) is 4.90 Å². The molecule has 1 N–H and O–H groups in total. The third-order valence-electron chi connectivity index (χ3n) is 5.65. The molecule has 2 aromatic carbocycles. The van der Waals surface area contributed by atoms with Gasteiger partial charge in [-0.15, -0.1) is 12.4 Å². The number of likely N-dealkylation sites (tertiary alicyclic amines) is 1. The highest BCUT2D eigenvalue weighted by Gasteiger charge is 2.27. The Hall–Kier alpha value is -2.35. The van der Waals surface area contributed by atoms with Crippen molar-refractivity contribution in [3.05, 3.63) is 60.2 Å². The van der Waals surface area contributed by atoms with Crippen LogP contribution in [-0.2, 0) is 16.7 Å². The largest absolute Gasteiger partial charge is 0.337 e. The van der Waals surface area contributed by atoms with Crippen molar-refractivity contribution in [2.75, 3.05) is 40.3 Å². The number of benzene rings is 2. The van der Waals surface area contributed by atoms with Crippen LogP contribution >= 0.6 is 12.4 Å². The zero-order valence-electron chi connectivity index (χ0n) is 18.7. The van der Waals surface area contributed by atoms with E-state index in [9.17, 15) is 13.2 Å². The lowest BCUT2D eigenvalue weighted by atomic mass is 9.91. The summed E-state index contributed by atoms with van der Waals surface area (Å²) in [6.07, 6.45) is 1.97. The number of halogens is 1. The average molecular weight is 478 g/mol. The van der Waals surface area contributed by atoms with Gasteiger partial charge in [-0.1, -0.05) is 54.6 Å². The molecule has 0 radical (unpaired) electrons. The molecule has 32 heavy (non-hydrogen) atoms. The predicted molar refractivity (Wildman–Crippen MR) is 133 cm³/mol. The molecule has 0 aliphatic carbocycles. The van der Waals surface area contributed by atoms with Crippen LogP contribution in [0.15, 0.2) is 54.6 Å². The Balaban J connectivity index is 0.00000363. The van der Waals surface area contributed by atoms with Crippen LogP contribution in [0.1, 0.15) is 18.4 Å². The number of rotatable bonds is 7. The first kappa shape index (κ1) is 25.9. The van der Waals surface area contributed by atoms with Gasteiger partial charge in [-0.3, -0.25) is 0 Å². The molecule has 2 aromatic rings. The van der Waals surface area contributed by atoms with Crippen LogP contribution in [0.4, 0.5) is 4.79 Å². The molecule has 1 atom stereocenters. The van der Waals surface area contributed by atoms with Crippen molar-refractivity contribution < 1.29 is 13.2 Å². The van der Waals surface area contributed by atoms with E-state index in [0.29, 0.717) is 30.9 Å². The highest BCUT2D eigenvalue weighted by atomic mass is 35.5. The fourth-order valence-electron chi connectivity index (χ4n) is 3.91. The van der Waals surface area contributed by atoms with Crippen LogP contribution in [-0.4, -0.2) is 69.4 Å². The number of nitrogens with one attached hydrogen (secondary N) is 1. The Labute approximate surface area is 198 Å². The van der Waals surface area contributed by atoms with E-state index in [2.05, 4.69) is 17.4 Å². The van der Waals surface area contributed by atoms with Gasteiger partial charge in [-0.05, 0) is 43.6 Å². The Morgan fingerprint density at radius 2 is 1.72 bits per heavy atom. The van der Waals surface area contributed by atoms with Crippen molar-refractivity contribution in [3.8, 4) is 11.1 Å². The van der Waals surface area contributed by atoms with Crippen LogP contribution in [0.2, 0.25) is 0 Å². The van der Waals surface area contributed by atoms with Gasteiger partial charge in [0.15, 0.2) is 0 Å². The summed E-state index contributed by atoms with van der Waals surface area (Å²) >= 11 is 0. The summed E-state index contributed by atoms with van der Waals surface area (Å²) in [5, 5.41) is 2.93. The number of carbonyl (C=O) groups excluding carboxylic acids is 1. The predicted octanol–water partition coefficient (Wildman–Crippen LogP) is 3.35. The first-order chi connectivity index (χ1) is 14.9. The Morgan fingerprint density at radius 1 is 1.06 bits per heavy atom. The van der Waals surface area contributed by atoms with Gasteiger partial charge in [0.2, 0.25) is 10.3 Å². The second-order valence-corrected chi connectivity index (χ2v) is 9.25. The van der Waals surface area contributed by atoms with Crippen LogP contribution in [0.25, 0.3) is 11.1 Å². The maximum absolute atomic E-state index is 12.5. The molecular weight excluding hydrogens is 446 g/mol. The molecule has 1 saturated heterocycles. The molecule has 1 aliphatic rings. The zero-order chi connectivity index (χ0) is 22.2. The summed E-state index contributed by atoms with van der Waals surface area (Å²) in [5.41, 5.74) is 3.20. The lowest BCUT2D eigenvalue weighted by Gasteiger charge is -2.33. The minimum Gasteiger partial charge on any atom is -0.337 e. The van der Waals surface area contributed by atoms with Gasteiger partial charge in [0, 0.05) is 38.5 Å². The normalized spacial score (nSPS) is 15.7. The van der Waals surface area contributed by atoms with E-state index in [1.165, 1.54) is 0 Å². The maximum Gasteiger partial charge on any atom is 0.317 e. The minimum atomic E-state index is -2.28. The fraction of sp³-hybridized carbons (Fsp3) is 0.417. The van der Waals surface area contributed by atoms with Crippen molar-refractivity contribution in [2.24, 2.45) is 5.92 Å². The number of nitrogens with zero attached hydrogens (tertiary/aromatic N) is 2. The summed E-state index contributed by atoms with van der Waals surface area (Å²) in [4.78, 5) is 16.7. The van der Waals surface area contributed by atoms with Crippen LogP contribution in [0, 0.1) is 5.92 Å². The number of piperidine rings is 1. The standard InChI is InChI=1S/C24H31N3O3S.ClH/c1-26(2)16-14-25-24(28)27-15-6-9-22(18-27)23(31(29)30)17-19-10-12-21(13-11-19)20-7-4-3-5-8-20;/h3-5,7-8,10-13,22H,6,9,14-18H2,1-2H3,(H,25,28);1H. The molecule has 6 nitrogen and oxygen atoms in total. The molecule has 1 heterocycles. The van der Waals surface area contributed by atoms with Gasteiger partial charge < -0.3 is 15.1 Å². The minimum absolute atomic E-state index is 0. The second kappa shape index (κ2) is 12.6. The van der Waals surface area contributed by atoms with Crippen LogP contribution in [0.5, 0.6) is 0 Å². The van der Waals surface area contributed by atoms with E-state index in [0.717, 1.165) is 36.1 Å². The third kappa shape index (κ3) is 7.36. The first-order valence-corrected chi connectivity index (χ1v) is 11.8. The van der Waals surface area contributed by atoms with Gasteiger partial charge in [0.25, 0.3) is 0 Å². The summed E-state index contributed by atoms with van der Waals surface area (Å²) in [7, 11) is 1.64. The van der Waals surface area contributed by atoms with Gasteiger partial charge >= 0.3 is 6.03 Å². The van der Waals surface area contributed by atoms with Gasteiger partial charge in [-0.25, -0.2) is 4.79 Å². The Morgan fingerprint density at radius 3 is 2.34 bits per heavy atom. The summed E-state index contributed by atoms with van der Waals surface area (Å²) < 4.78 is 24.1. The van der Waals surface area contributed by atoms with Crippen LogP contribution in [0.3, 0.4) is 0 Å². The molecule has 0 bridgehead atoms. The molecule has 2 amide bonds. The van der Waals surface area contributed by atoms with Crippen molar-refractivity contribution in [1.29, 1.82) is 0 Å². The van der Waals surface area contributed by atoms with E-state index >= 15 is 0 Å². The molecule has 1 fully saturated rings. The number of carbonyl (C=O) groups is 1. The highest BCUT2D eigenvalue weighted by Crippen LogP contribution is 2.22. The Kier molecular flexibility index (Phi) is 10.2. The maximum atomic E-state index is 12.5. The number of urea groups is 1. The zero-order valence-corrected chi connectivity index (χ0v) is 20.3. The quantitative estimate of drug-likeness (QED) is 0.621. The van der Waals surface area contributed by atoms with E-state index in [4.69, 9.17) is 0 Å². The molecular formula is C24H32ClN3O3S. The molecule has 3 rings (SSSR count). The molecule has 0 spiro atoms. The first-order valence-electron chi connectivity index (χ1n) is 10.7. The van der Waals surface area contributed by atoms with Gasteiger partial charge in [-0.2, -0.15) is 8.42 Å². The summed E-state index contributed by atoms with van der Waals surface area (Å²) in [6.45, 7) is 2.45. The van der Waals surface area contributed by atoms with Gasteiger partial charge in [0.1, 0.15) is 0 Å². The van der Waals surface area contributed by atoms with E-state index in [1.807, 2.05) is 61.5 Å². The smallest absolute Gasteiger partial charge is 0.317 e. The summed E-state index contributed by atoms with van der Waals surface area (Å²) in [6, 6.07) is 18.0. The lowest BCUT2D eigenvalue weighted by Crippen LogP contribution is -2.48.